The van der Waals surface area contributed by atoms with Gasteiger partial charge in [0.25, 0.3) is 0 Å². The molecule has 1 aromatic rings. The number of benzene rings is 1. The molecule has 0 aliphatic heterocycles. The van der Waals surface area contributed by atoms with Gasteiger partial charge in [-0.05, 0) is 53.2 Å². The van der Waals surface area contributed by atoms with Crippen molar-refractivity contribution in [2.75, 3.05) is 20.2 Å². The van der Waals surface area contributed by atoms with Crippen LogP contribution < -0.4 is 15.4 Å². The van der Waals surface area contributed by atoms with Crippen LogP contribution >= 0.6 is 24.0 Å². The van der Waals surface area contributed by atoms with Gasteiger partial charge < -0.3 is 20.1 Å². The third kappa shape index (κ3) is 9.30. The van der Waals surface area contributed by atoms with E-state index in [0.717, 1.165) is 23.8 Å². The molecular weight excluding hydrogens is 429 g/mol. The number of rotatable bonds is 8. The molecule has 0 radical (unpaired) electrons. The van der Waals surface area contributed by atoms with E-state index in [2.05, 4.69) is 47.7 Å². The van der Waals surface area contributed by atoms with E-state index in [4.69, 9.17) is 9.47 Å². The zero-order valence-corrected chi connectivity index (χ0v) is 18.9. The smallest absolute Gasteiger partial charge is 0.191 e. The van der Waals surface area contributed by atoms with E-state index in [0.29, 0.717) is 13.1 Å². The normalized spacial score (nSPS) is 11.9. The Morgan fingerprint density at radius 1 is 1.24 bits per heavy atom. The van der Waals surface area contributed by atoms with Crippen molar-refractivity contribution in [1.29, 1.82) is 0 Å². The predicted molar refractivity (Wildman–Crippen MR) is 116 cm³/mol. The van der Waals surface area contributed by atoms with Crippen LogP contribution in [-0.4, -0.2) is 37.9 Å². The first-order chi connectivity index (χ1) is 11.3. The summed E-state index contributed by atoms with van der Waals surface area (Å²) >= 11 is 0. The summed E-state index contributed by atoms with van der Waals surface area (Å²) in [5, 5.41) is 6.59. The minimum Gasteiger partial charge on any atom is -0.491 e. The van der Waals surface area contributed by atoms with Crippen molar-refractivity contribution in [3.63, 3.8) is 0 Å². The van der Waals surface area contributed by atoms with Crippen molar-refractivity contribution in [1.82, 2.24) is 10.6 Å². The SMILES string of the molecule is CCNC(=NCc1ccc(C)cc1OC(C)C)NCC(C)(C)OC.I. The Morgan fingerprint density at radius 3 is 2.48 bits per heavy atom. The molecule has 0 heterocycles. The van der Waals surface area contributed by atoms with Crippen LogP contribution in [0.1, 0.15) is 45.7 Å². The molecule has 0 aliphatic rings. The van der Waals surface area contributed by atoms with Crippen molar-refractivity contribution in [2.24, 2.45) is 4.99 Å². The lowest BCUT2D eigenvalue weighted by molar-refractivity contribution is 0.0268. The zero-order chi connectivity index (χ0) is 18.2. The van der Waals surface area contributed by atoms with Crippen LogP contribution in [0.15, 0.2) is 23.2 Å². The fraction of sp³-hybridized carbons (Fsp3) is 0.632. The maximum absolute atomic E-state index is 5.92. The molecule has 0 bridgehead atoms. The molecule has 1 rings (SSSR count). The lowest BCUT2D eigenvalue weighted by atomic mass is 10.1. The van der Waals surface area contributed by atoms with Crippen LogP contribution in [0.5, 0.6) is 5.75 Å². The average molecular weight is 463 g/mol. The van der Waals surface area contributed by atoms with Crippen LogP contribution in [0.4, 0.5) is 0 Å². The number of hydrogen-bond donors (Lipinski definition) is 2. The number of nitrogens with zero attached hydrogens (tertiary/aromatic N) is 1. The van der Waals surface area contributed by atoms with Crippen molar-refractivity contribution >= 4 is 29.9 Å². The zero-order valence-electron chi connectivity index (χ0n) is 16.6. The van der Waals surface area contributed by atoms with E-state index >= 15 is 0 Å². The number of guanidine groups is 1. The lowest BCUT2D eigenvalue weighted by Gasteiger charge is -2.24. The number of ether oxygens (including phenoxy) is 2. The molecule has 0 unspecified atom stereocenters. The molecule has 144 valence electrons. The quantitative estimate of drug-likeness (QED) is 0.349. The van der Waals surface area contributed by atoms with Crippen molar-refractivity contribution in [3.8, 4) is 5.75 Å². The molecule has 0 saturated heterocycles. The summed E-state index contributed by atoms with van der Waals surface area (Å²) in [5.74, 6) is 1.68. The highest BCUT2D eigenvalue weighted by Crippen LogP contribution is 2.22. The standard InChI is InChI=1S/C19H33N3O2.HI/c1-8-20-18(22-13-19(5,6)23-7)21-12-16-10-9-15(4)11-17(16)24-14(2)3;/h9-11,14H,8,12-13H2,1-7H3,(H2,20,21,22);1H. The van der Waals surface area contributed by atoms with Crippen molar-refractivity contribution in [2.45, 2.75) is 59.8 Å². The monoisotopic (exact) mass is 463 g/mol. The summed E-state index contributed by atoms with van der Waals surface area (Å²) in [6, 6.07) is 6.24. The van der Waals surface area contributed by atoms with E-state index in [1.54, 1.807) is 7.11 Å². The van der Waals surface area contributed by atoms with Crippen LogP contribution in [-0.2, 0) is 11.3 Å². The summed E-state index contributed by atoms with van der Waals surface area (Å²) in [4.78, 5) is 4.68. The van der Waals surface area contributed by atoms with Crippen LogP contribution in [0.2, 0.25) is 0 Å². The predicted octanol–water partition coefficient (Wildman–Crippen LogP) is 3.88. The summed E-state index contributed by atoms with van der Waals surface area (Å²) in [7, 11) is 1.72. The highest BCUT2D eigenvalue weighted by molar-refractivity contribution is 14.0. The number of halogens is 1. The van der Waals surface area contributed by atoms with Crippen molar-refractivity contribution < 1.29 is 9.47 Å². The first-order valence-corrected chi connectivity index (χ1v) is 8.61. The number of aliphatic imine (C=N–C) groups is 1. The largest absolute Gasteiger partial charge is 0.491 e. The summed E-state index contributed by atoms with van der Waals surface area (Å²) in [6.45, 7) is 14.3. The highest BCUT2D eigenvalue weighted by atomic mass is 127. The van der Waals surface area contributed by atoms with Gasteiger partial charge in [0.05, 0.1) is 18.2 Å². The lowest BCUT2D eigenvalue weighted by Crippen LogP contribution is -2.45. The summed E-state index contributed by atoms with van der Waals surface area (Å²) < 4.78 is 11.4. The molecule has 5 nitrogen and oxygen atoms in total. The molecule has 6 heteroatoms. The van der Waals surface area contributed by atoms with E-state index < -0.39 is 0 Å². The molecule has 25 heavy (non-hydrogen) atoms. The van der Waals surface area contributed by atoms with E-state index in [-0.39, 0.29) is 35.7 Å². The van der Waals surface area contributed by atoms with Crippen LogP contribution in [0.25, 0.3) is 0 Å². The third-order valence-electron chi connectivity index (χ3n) is 3.57. The molecule has 0 spiro atoms. The third-order valence-corrected chi connectivity index (χ3v) is 3.57. The topological polar surface area (TPSA) is 54.9 Å². The second-order valence-corrected chi connectivity index (χ2v) is 6.79. The molecular formula is C19H34IN3O2. The number of methoxy groups -OCH3 is 1. The van der Waals surface area contributed by atoms with E-state index in [9.17, 15) is 0 Å². The van der Waals surface area contributed by atoms with Gasteiger partial charge in [-0.15, -0.1) is 24.0 Å². The minimum absolute atomic E-state index is 0. The summed E-state index contributed by atoms with van der Waals surface area (Å²) in [6.07, 6.45) is 0.142. The number of hydrogen-bond acceptors (Lipinski definition) is 3. The fourth-order valence-electron chi connectivity index (χ4n) is 2.03. The van der Waals surface area contributed by atoms with E-state index in [1.807, 2.05) is 27.7 Å². The summed E-state index contributed by atoms with van der Waals surface area (Å²) in [5.41, 5.74) is 2.02. The second-order valence-electron chi connectivity index (χ2n) is 6.79. The molecule has 0 aromatic heterocycles. The van der Waals surface area contributed by atoms with Gasteiger partial charge in [-0.2, -0.15) is 0 Å². The highest BCUT2D eigenvalue weighted by Gasteiger charge is 2.16. The second kappa shape index (κ2) is 11.6. The Bertz CT molecular complexity index is 545. The van der Waals surface area contributed by atoms with Gasteiger partial charge in [0.1, 0.15) is 5.75 Å². The minimum atomic E-state index is -0.244. The number of aryl methyl sites for hydroxylation is 1. The molecule has 0 aliphatic carbocycles. The molecule has 0 amide bonds. The first kappa shape index (κ1) is 24.0. The Hall–Kier alpha value is -1.02. The van der Waals surface area contributed by atoms with Crippen LogP contribution in [0.3, 0.4) is 0 Å². The van der Waals surface area contributed by atoms with Gasteiger partial charge in [-0.3, -0.25) is 0 Å². The van der Waals surface area contributed by atoms with Gasteiger partial charge in [0.15, 0.2) is 5.96 Å². The maximum atomic E-state index is 5.92. The van der Waals surface area contributed by atoms with Gasteiger partial charge in [0.2, 0.25) is 0 Å². The van der Waals surface area contributed by atoms with Gasteiger partial charge in [-0.25, -0.2) is 4.99 Å². The maximum Gasteiger partial charge on any atom is 0.191 e. The van der Waals surface area contributed by atoms with Gasteiger partial charge in [-0.1, -0.05) is 12.1 Å². The Balaban J connectivity index is 0.00000576. The first-order valence-electron chi connectivity index (χ1n) is 8.61. The average Bonchev–Trinajstić information content (AvgIpc) is 2.51. The molecule has 0 saturated carbocycles. The van der Waals surface area contributed by atoms with E-state index in [1.165, 1.54) is 5.56 Å². The number of nitrogens with one attached hydrogen (secondary N) is 2. The fourth-order valence-corrected chi connectivity index (χ4v) is 2.03. The molecule has 2 N–H and O–H groups in total. The molecule has 0 fully saturated rings. The Morgan fingerprint density at radius 2 is 1.92 bits per heavy atom. The van der Waals surface area contributed by atoms with Crippen LogP contribution in [0, 0.1) is 6.92 Å². The van der Waals surface area contributed by atoms with Crippen molar-refractivity contribution in [3.05, 3.63) is 29.3 Å². The Kier molecular flexibility index (Phi) is 11.1. The van der Waals surface area contributed by atoms with Gasteiger partial charge >= 0.3 is 0 Å². The molecule has 0 atom stereocenters. The Labute approximate surface area is 170 Å². The molecule has 1 aromatic carbocycles. The van der Waals surface area contributed by atoms with Gasteiger partial charge in [0, 0.05) is 25.8 Å².